The van der Waals surface area contributed by atoms with Gasteiger partial charge >= 0.3 is 0 Å². The summed E-state index contributed by atoms with van der Waals surface area (Å²) in [5.41, 5.74) is 1.92. The van der Waals surface area contributed by atoms with Crippen LogP contribution in [0.25, 0.3) is 0 Å². The molecule has 2 aromatic carbocycles. The van der Waals surface area contributed by atoms with E-state index in [1.807, 2.05) is 30.3 Å². The lowest BCUT2D eigenvalue weighted by atomic mass is 10.1. The van der Waals surface area contributed by atoms with E-state index in [2.05, 4.69) is 15.6 Å². The molecule has 0 amide bonds. The van der Waals surface area contributed by atoms with E-state index in [9.17, 15) is 4.39 Å². The van der Waals surface area contributed by atoms with Gasteiger partial charge in [-0.25, -0.2) is 4.39 Å². The van der Waals surface area contributed by atoms with Crippen molar-refractivity contribution in [2.24, 2.45) is 4.99 Å². The van der Waals surface area contributed by atoms with E-state index in [0.717, 1.165) is 48.0 Å². The van der Waals surface area contributed by atoms with Crippen molar-refractivity contribution in [1.82, 2.24) is 10.6 Å². The molecule has 6 heteroatoms. The maximum Gasteiger partial charge on any atom is 0.191 e. The van der Waals surface area contributed by atoms with Gasteiger partial charge in [0.15, 0.2) is 17.5 Å². The van der Waals surface area contributed by atoms with Gasteiger partial charge in [0.25, 0.3) is 0 Å². The number of benzene rings is 2. The molecule has 2 atom stereocenters. The fourth-order valence-electron chi connectivity index (χ4n) is 3.21. The summed E-state index contributed by atoms with van der Waals surface area (Å²) in [4.78, 5) is 4.27. The second-order valence-corrected chi connectivity index (χ2v) is 6.55. The first-order valence-electron chi connectivity index (χ1n) is 9.08. The van der Waals surface area contributed by atoms with Crippen LogP contribution in [0.2, 0.25) is 0 Å². The Labute approximate surface area is 159 Å². The highest BCUT2D eigenvalue weighted by Crippen LogP contribution is 2.41. The summed E-state index contributed by atoms with van der Waals surface area (Å²) >= 11 is 0. The zero-order valence-corrected chi connectivity index (χ0v) is 16.0. The molecule has 27 heavy (non-hydrogen) atoms. The first-order valence-corrected chi connectivity index (χ1v) is 9.08. The summed E-state index contributed by atoms with van der Waals surface area (Å²) in [6.45, 7) is 0.728. The number of rotatable bonds is 7. The van der Waals surface area contributed by atoms with Crippen LogP contribution < -0.4 is 20.1 Å². The second kappa shape index (κ2) is 8.75. The number of ether oxygens (including phenoxy) is 2. The maximum atomic E-state index is 13.9. The average molecular weight is 371 g/mol. The molecule has 0 spiro atoms. The Morgan fingerprint density at radius 3 is 2.63 bits per heavy atom. The van der Waals surface area contributed by atoms with Crippen LogP contribution in [-0.2, 0) is 6.42 Å². The van der Waals surface area contributed by atoms with Crippen molar-refractivity contribution in [3.8, 4) is 11.5 Å². The fraction of sp³-hybridized carbons (Fsp3) is 0.381. The molecule has 2 aromatic rings. The van der Waals surface area contributed by atoms with Gasteiger partial charge in [0.05, 0.1) is 14.2 Å². The Balaban J connectivity index is 1.49. The van der Waals surface area contributed by atoms with E-state index >= 15 is 0 Å². The minimum Gasteiger partial charge on any atom is -0.493 e. The number of nitrogens with zero attached hydrogens (tertiary/aromatic N) is 1. The van der Waals surface area contributed by atoms with Crippen molar-refractivity contribution in [3.05, 3.63) is 59.4 Å². The molecule has 144 valence electrons. The summed E-state index contributed by atoms with van der Waals surface area (Å²) < 4.78 is 24.5. The molecular formula is C21H26FN3O2. The van der Waals surface area contributed by atoms with Crippen molar-refractivity contribution < 1.29 is 13.9 Å². The van der Waals surface area contributed by atoms with Crippen molar-refractivity contribution >= 4 is 5.96 Å². The third-order valence-corrected chi connectivity index (χ3v) is 4.79. The maximum absolute atomic E-state index is 13.9. The van der Waals surface area contributed by atoms with Crippen LogP contribution in [-0.4, -0.2) is 39.8 Å². The molecule has 0 heterocycles. The molecule has 0 aliphatic heterocycles. The van der Waals surface area contributed by atoms with Gasteiger partial charge in [0, 0.05) is 25.6 Å². The minimum atomic E-state index is -0.136. The zero-order valence-electron chi connectivity index (χ0n) is 16.0. The van der Waals surface area contributed by atoms with Gasteiger partial charge in [-0.05, 0) is 42.2 Å². The van der Waals surface area contributed by atoms with Gasteiger partial charge in [0.1, 0.15) is 5.82 Å². The van der Waals surface area contributed by atoms with E-state index in [4.69, 9.17) is 9.47 Å². The van der Waals surface area contributed by atoms with E-state index in [1.54, 1.807) is 27.3 Å². The Morgan fingerprint density at radius 1 is 1.15 bits per heavy atom. The quantitative estimate of drug-likeness (QED) is 0.580. The fourth-order valence-corrected chi connectivity index (χ4v) is 3.21. The lowest BCUT2D eigenvalue weighted by Crippen LogP contribution is -2.39. The number of methoxy groups -OCH3 is 2. The van der Waals surface area contributed by atoms with Gasteiger partial charge < -0.3 is 20.1 Å². The van der Waals surface area contributed by atoms with E-state index < -0.39 is 0 Å². The van der Waals surface area contributed by atoms with Crippen molar-refractivity contribution in [2.45, 2.75) is 24.8 Å². The van der Waals surface area contributed by atoms with Crippen molar-refractivity contribution in [1.29, 1.82) is 0 Å². The van der Waals surface area contributed by atoms with E-state index in [-0.39, 0.29) is 17.8 Å². The molecule has 0 radical (unpaired) electrons. The number of nitrogens with one attached hydrogen (secondary N) is 2. The zero-order chi connectivity index (χ0) is 19.2. The molecule has 0 bridgehead atoms. The standard InChI is InChI=1S/C21H26FN3O2/c1-23-21(25-18-13-16(18)15-6-4-5-7-17(15)22)24-11-10-14-8-9-19(26-2)20(12-14)27-3/h4-9,12,16,18H,10-11,13H2,1-3H3,(H2,23,24,25). The summed E-state index contributed by atoms with van der Waals surface area (Å²) in [6.07, 6.45) is 1.74. The highest BCUT2D eigenvalue weighted by Gasteiger charge is 2.40. The van der Waals surface area contributed by atoms with Crippen LogP contribution in [0.5, 0.6) is 11.5 Å². The topological polar surface area (TPSA) is 54.9 Å². The molecule has 2 N–H and O–H groups in total. The first kappa shape index (κ1) is 19.0. The summed E-state index contributed by atoms with van der Waals surface area (Å²) in [7, 11) is 5.00. The third-order valence-electron chi connectivity index (χ3n) is 4.79. The van der Waals surface area contributed by atoms with Crippen LogP contribution in [0.15, 0.2) is 47.5 Å². The summed E-state index contributed by atoms with van der Waals surface area (Å²) in [5.74, 6) is 2.25. The smallest absolute Gasteiger partial charge is 0.191 e. The van der Waals surface area contributed by atoms with E-state index in [1.165, 1.54) is 6.07 Å². The number of hydrogen-bond donors (Lipinski definition) is 2. The van der Waals surface area contributed by atoms with E-state index in [0.29, 0.717) is 0 Å². The average Bonchev–Trinajstić information content (AvgIpc) is 3.46. The Hall–Kier alpha value is -2.76. The lowest BCUT2D eigenvalue weighted by Gasteiger charge is -2.13. The van der Waals surface area contributed by atoms with Gasteiger partial charge in [-0.1, -0.05) is 24.3 Å². The van der Waals surface area contributed by atoms with Crippen molar-refractivity contribution in [2.75, 3.05) is 27.8 Å². The van der Waals surface area contributed by atoms with Gasteiger partial charge in [0.2, 0.25) is 0 Å². The Kier molecular flexibility index (Phi) is 6.16. The molecule has 3 rings (SSSR count). The molecule has 0 aromatic heterocycles. The van der Waals surface area contributed by atoms with Gasteiger partial charge in [-0.2, -0.15) is 0 Å². The number of hydrogen-bond acceptors (Lipinski definition) is 3. The van der Waals surface area contributed by atoms with Crippen LogP contribution in [0.3, 0.4) is 0 Å². The Bertz CT molecular complexity index is 810. The van der Waals surface area contributed by atoms with Crippen LogP contribution in [0.1, 0.15) is 23.5 Å². The normalized spacial score (nSPS) is 18.7. The second-order valence-electron chi connectivity index (χ2n) is 6.55. The molecule has 1 aliphatic carbocycles. The molecule has 1 saturated carbocycles. The number of halogens is 1. The van der Waals surface area contributed by atoms with Crippen LogP contribution in [0, 0.1) is 5.82 Å². The Morgan fingerprint density at radius 2 is 1.93 bits per heavy atom. The largest absolute Gasteiger partial charge is 0.493 e. The lowest BCUT2D eigenvalue weighted by molar-refractivity contribution is 0.354. The first-order chi connectivity index (χ1) is 13.2. The highest BCUT2D eigenvalue weighted by molar-refractivity contribution is 5.80. The van der Waals surface area contributed by atoms with Crippen LogP contribution in [0.4, 0.5) is 4.39 Å². The molecule has 5 nitrogen and oxygen atoms in total. The molecule has 0 saturated heterocycles. The minimum absolute atomic E-state index is 0.136. The molecule has 2 unspecified atom stereocenters. The van der Waals surface area contributed by atoms with Crippen molar-refractivity contribution in [3.63, 3.8) is 0 Å². The molecule has 1 aliphatic rings. The predicted molar refractivity (Wildman–Crippen MR) is 105 cm³/mol. The SMILES string of the molecule is CN=C(NCCc1ccc(OC)c(OC)c1)NC1CC1c1ccccc1F. The van der Waals surface area contributed by atoms with Gasteiger partial charge in [-0.3, -0.25) is 4.99 Å². The van der Waals surface area contributed by atoms with Gasteiger partial charge in [-0.15, -0.1) is 0 Å². The molecule has 1 fully saturated rings. The highest BCUT2D eigenvalue weighted by atomic mass is 19.1. The monoisotopic (exact) mass is 371 g/mol. The predicted octanol–water partition coefficient (Wildman–Crippen LogP) is 3.11. The third kappa shape index (κ3) is 4.70. The number of aliphatic imine (C=N–C) groups is 1. The molecular weight excluding hydrogens is 345 g/mol. The summed E-state index contributed by atoms with van der Waals surface area (Å²) in [6, 6.07) is 13.1. The number of guanidine groups is 1. The van der Waals surface area contributed by atoms with Crippen LogP contribution >= 0.6 is 0 Å². The summed E-state index contributed by atoms with van der Waals surface area (Å²) in [5, 5.41) is 6.69.